The zero-order valence-electron chi connectivity index (χ0n) is 12.7. The second-order valence-electron chi connectivity index (χ2n) is 5.41. The Balaban J connectivity index is 2.01. The second-order valence-corrected chi connectivity index (χ2v) is 5.41. The fourth-order valence-electron chi connectivity index (χ4n) is 2.26. The molecule has 7 heteroatoms. The fraction of sp³-hybridized carbons (Fsp3) is 0.533. The first-order valence-corrected chi connectivity index (χ1v) is 7.22. The van der Waals surface area contributed by atoms with Gasteiger partial charge >= 0.3 is 0 Å². The summed E-state index contributed by atoms with van der Waals surface area (Å²) in [4.78, 5) is 22.0. The smallest absolute Gasteiger partial charge is 0.293 e. The molecule has 2 rings (SSSR count). The summed E-state index contributed by atoms with van der Waals surface area (Å²) in [7, 11) is 0. The zero-order chi connectivity index (χ0) is 16.1. The molecule has 2 unspecified atom stereocenters. The zero-order valence-corrected chi connectivity index (χ0v) is 12.7. The van der Waals surface area contributed by atoms with Crippen LogP contribution in [0.4, 0.5) is 11.4 Å². The molecule has 1 aliphatic rings. The van der Waals surface area contributed by atoms with Crippen LogP contribution in [-0.4, -0.2) is 42.7 Å². The van der Waals surface area contributed by atoms with Crippen LogP contribution in [0.25, 0.3) is 0 Å². The number of hydrogen-bond acceptors (Lipinski definition) is 6. The highest BCUT2D eigenvalue weighted by Crippen LogP contribution is 2.26. The van der Waals surface area contributed by atoms with E-state index in [1.807, 2.05) is 6.92 Å². The molecule has 1 aromatic rings. The summed E-state index contributed by atoms with van der Waals surface area (Å²) < 4.78 is 10.9. The summed E-state index contributed by atoms with van der Waals surface area (Å²) in [5, 5.41) is 14.2. The van der Waals surface area contributed by atoms with Crippen LogP contribution < -0.4 is 5.32 Å². The number of Topliss-reactive ketones (excluding diaryl/α,β-unsaturated/α-hetero) is 1. The second kappa shape index (κ2) is 7.33. The van der Waals surface area contributed by atoms with Gasteiger partial charge in [-0.05, 0) is 32.4 Å². The van der Waals surface area contributed by atoms with Gasteiger partial charge in [-0.1, -0.05) is 0 Å². The summed E-state index contributed by atoms with van der Waals surface area (Å²) in [5.74, 6) is -0.202. The van der Waals surface area contributed by atoms with Crippen molar-refractivity contribution in [3.63, 3.8) is 0 Å². The Labute approximate surface area is 128 Å². The molecule has 0 bridgehead atoms. The van der Waals surface area contributed by atoms with Crippen LogP contribution in [0.15, 0.2) is 18.2 Å². The molecule has 0 saturated carbocycles. The maximum atomic E-state index is 11.3. The predicted octanol–water partition coefficient (Wildman–Crippen LogP) is 2.40. The van der Waals surface area contributed by atoms with Crippen molar-refractivity contribution in [2.45, 2.75) is 32.4 Å². The van der Waals surface area contributed by atoms with Gasteiger partial charge in [-0.25, -0.2) is 0 Å². The lowest BCUT2D eigenvalue weighted by molar-refractivity contribution is -0.384. The number of nitro benzene ring substituents is 1. The van der Waals surface area contributed by atoms with Gasteiger partial charge in [-0.2, -0.15) is 0 Å². The van der Waals surface area contributed by atoms with Gasteiger partial charge in [0.15, 0.2) is 5.78 Å². The van der Waals surface area contributed by atoms with Gasteiger partial charge in [0.05, 0.1) is 24.2 Å². The lowest BCUT2D eigenvalue weighted by atomic mass is 10.1. The Morgan fingerprint density at radius 1 is 1.59 bits per heavy atom. The molecular formula is C15H20N2O5. The van der Waals surface area contributed by atoms with Crippen LogP contribution in [0.2, 0.25) is 0 Å². The molecule has 2 atom stereocenters. The van der Waals surface area contributed by atoms with Gasteiger partial charge in [0, 0.05) is 24.3 Å². The summed E-state index contributed by atoms with van der Waals surface area (Å²) in [5.41, 5.74) is 0.599. The van der Waals surface area contributed by atoms with E-state index in [0.717, 1.165) is 6.42 Å². The van der Waals surface area contributed by atoms with Crippen LogP contribution in [0, 0.1) is 10.1 Å². The minimum atomic E-state index is -0.493. The number of nitrogens with zero attached hydrogens (tertiary/aromatic N) is 1. The van der Waals surface area contributed by atoms with Crippen molar-refractivity contribution in [3.05, 3.63) is 33.9 Å². The molecule has 1 aliphatic heterocycles. The lowest BCUT2D eigenvalue weighted by Crippen LogP contribution is -2.26. The van der Waals surface area contributed by atoms with Crippen molar-refractivity contribution < 1.29 is 19.2 Å². The van der Waals surface area contributed by atoms with E-state index in [0.29, 0.717) is 31.1 Å². The minimum Gasteiger partial charge on any atom is -0.379 e. The van der Waals surface area contributed by atoms with Gasteiger partial charge in [0.2, 0.25) is 0 Å². The maximum absolute atomic E-state index is 11.3. The standard InChI is InChI=1S/C15H20N2O5/c1-10(8-22-13-5-6-21-9-13)16-14-4-3-12(11(2)18)7-15(14)17(19)20/h3-4,7,10,13,16H,5-6,8-9H2,1-2H3. The average molecular weight is 308 g/mol. The van der Waals surface area contributed by atoms with Gasteiger partial charge in [0.25, 0.3) is 5.69 Å². The van der Waals surface area contributed by atoms with Gasteiger partial charge in [-0.15, -0.1) is 0 Å². The Morgan fingerprint density at radius 2 is 2.36 bits per heavy atom. The number of ether oxygens (including phenoxy) is 2. The lowest BCUT2D eigenvalue weighted by Gasteiger charge is -2.18. The molecule has 0 radical (unpaired) electrons. The Hall–Kier alpha value is -1.99. The molecular weight excluding hydrogens is 288 g/mol. The molecule has 120 valence electrons. The van der Waals surface area contributed by atoms with Crippen LogP contribution in [-0.2, 0) is 9.47 Å². The molecule has 1 aromatic carbocycles. The Morgan fingerprint density at radius 3 is 2.95 bits per heavy atom. The van der Waals surface area contributed by atoms with Crippen molar-refractivity contribution >= 4 is 17.2 Å². The summed E-state index contributed by atoms with van der Waals surface area (Å²) in [6, 6.07) is 4.34. The first kappa shape index (κ1) is 16.4. The molecule has 7 nitrogen and oxygen atoms in total. The van der Waals surface area contributed by atoms with Gasteiger partial charge in [0.1, 0.15) is 5.69 Å². The van der Waals surface area contributed by atoms with Crippen LogP contribution >= 0.6 is 0 Å². The number of nitrogens with one attached hydrogen (secondary N) is 1. The fourth-order valence-corrected chi connectivity index (χ4v) is 2.26. The average Bonchev–Trinajstić information content (AvgIpc) is 2.98. The number of ketones is 1. The SMILES string of the molecule is CC(=O)c1ccc(NC(C)COC2CCOC2)c([N+](=O)[O-])c1. The van der Waals surface area contributed by atoms with Gasteiger partial charge in [-0.3, -0.25) is 14.9 Å². The highest BCUT2D eigenvalue weighted by atomic mass is 16.6. The number of carbonyl (C=O) groups is 1. The third-order valence-corrected chi connectivity index (χ3v) is 3.47. The topological polar surface area (TPSA) is 90.7 Å². The molecule has 1 N–H and O–H groups in total. The van der Waals surface area contributed by atoms with E-state index < -0.39 is 4.92 Å². The monoisotopic (exact) mass is 308 g/mol. The van der Waals surface area contributed by atoms with E-state index in [2.05, 4.69) is 5.32 Å². The first-order valence-electron chi connectivity index (χ1n) is 7.22. The summed E-state index contributed by atoms with van der Waals surface area (Å²) >= 11 is 0. The number of benzene rings is 1. The van der Waals surface area contributed by atoms with E-state index in [9.17, 15) is 14.9 Å². The first-order chi connectivity index (χ1) is 10.5. The summed E-state index contributed by atoms with van der Waals surface area (Å²) in [6.45, 7) is 5.01. The Bertz CT molecular complexity index is 555. The maximum Gasteiger partial charge on any atom is 0.293 e. The van der Waals surface area contributed by atoms with Crippen LogP contribution in [0.1, 0.15) is 30.6 Å². The van der Waals surface area contributed by atoms with Crippen molar-refractivity contribution in [1.82, 2.24) is 0 Å². The largest absolute Gasteiger partial charge is 0.379 e. The third kappa shape index (κ3) is 4.25. The summed E-state index contributed by atoms with van der Waals surface area (Å²) in [6.07, 6.45) is 0.972. The van der Waals surface area contributed by atoms with Crippen molar-refractivity contribution in [3.8, 4) is 0 Å². The van der Waals surface area contributed by atoms with Crippen molar-refractivity contribution in [2.75, 3.05) is 25.1 Å². The molecule has 1 saturated heterocycles. The Kier molecular flexibility index (Phi) is 5.46. The van der Waals surface area contributed by atoms with E-state index in [1.54, 1.807) is 12.1 Å². The number of rotatable bonds is 7. The molecule has 0 aromatic heterocycles. The van der Waals surface area contributed by atoms with Crippen molar-refractivity contribution in [2.24, 2.45) is 0 Å². The molecule has 1 heterocycles. The quantitative estimate of drug-likeness (QED) is 0.472. The van der Waals surface area contributed by atoms with E-state index >= 15 is 0 Å². The molecule has 0 amide bonds. The molecule has 0 aliphatic carbocycles. The van der Waals surface area contributed by atoms with E-state index in [-0.39, 0.29) is 23.6 Å². The van der Waals surface area contributed by atoms with E-state index in [4.69, 9.17) is 9.47 Å². The third-order valence-electron chi connectivity index (χ3n) is 3.47. The van der Waals surface area contributed by atoms with Gasteiger partial charge < -0.3 is 14.8 Å². The van der Waals surface area contributed by atoms with Crippen LogP contribution in [0.5, 0.6) is 0 Å². The predicted molar refractivity (Wildman–Crippen MR) is 81.4 cm³/mol. The number of nitro groups is 1. The number of carbonyl (C=O) groups excluding carboxylic acids is 1. The van der Waals surface area contributed by atoms with Crippen molar-refractivity contribution in [1.29, 1.82) is 0 Å². The molecule has 1 fully saturated rings. The number of hydrogen-bond donors (Lipinski definition) is 1. The molecule has 0 spiro atoms. The minimum absolute atomic E-state index is 0.0949. The highest BCUT2D eigenvalue weighted by Gasteiger charge is 2.20. The van der Waals surface area contributed by atoms with Crippen LogP contribution in [0.3, 0.4) is 0 Å². The normalized spacial score (nSPS) is 18.9. The molecule has 22 heavy (non-hydrogen) atoms. The number of anilines is 1. The van der Waals surface area contributed by atoms with E-state index in [1.165, 1.54) is 13.0 Å². The highest BCUT2D eigenvalue weighted by molar-refractivity contribution is 5.95.